The number of esters is 1. The molecule has 1 fully saturated rings. The zero-order valence-corrected chi connectivity index (χ0v) is 14.9. The first kappa shape index (κ1) is 21.5. The highest BCUT2D eigenvalue weighted by molar-refractivity contribution is 7.87. The predicted octanol–water partition coefficient (Wildman–Crippen LogP) is 1.84. The molecule has 1 N–H and O–H groups in total. The molecule has 12 heteroatoms. The molecule has 0 aromatic rings. The third-order valence-corrected chi connectivity index (χ3v) is 4.20. The Hall–Kier alpha value is -1.56. The van der Waals surface area contributed by atoms with E-state index in [2.05, 4.69) is 9.50 Å². The first-order chi connectivity index (χ1) is 11.1. The van der Waals surface area contributed by atoms with Gasteiger partial charge in [-0.2, -0.15) is 21.6 Å². The van der Waals surface area contributed by atoms with Gasteiger partial charge in [0.15, 0.2) is 0 Å². The monoisotopic (exact) mass is 391 g/mol. The molecule has 146 valence electrons. The Bertz CT molecular complexity index is 619. The van der Waals surface area contributed by atoms with Gasteiger partial charge in [-0.05, 0) is 27.7 Å². The molecule has 1 aliphatic carbocycles. The highest BCUT2D eigenvalue weighted by atomic mass is 32.2. The molecular formula is C13H20F3NO7S. The van der Waals surface area contributed by atoms with Gasteiger partial charge in [-0.3, -0.25) is 4.18 Å². The lowest BCUT2D eigenvalue weighted by molar-refractivity contribution is -0.160. The van der Waals surface area contributed by atoms with Crippen molar-refractivity contribution in [2.75, 3.05) is 6.61 Å². The van der Waals surface area contributed by atoms with Gasteiger partial charge in [-0.25, -0.2) is 9.59 Å². The smallest absolute Gasteiger partial charge is 0.464 e. The summed E-state index contributed by atoms with van der Waals surface area (Å²) in [7, 11) is -5.80. The molecule has 0 bridgehead atoms. The molecule has 25 heavy (non-hydrogen) atoms. The Kier molecular flexibility index (Phi) is 6.00. The van der Waals surface area contributed by atoms with Crippen LogP contribution >= 0.6 is 0 Å². The van der Waals surface area contributed by atoms with E-state index in [0.29, 0.717) is 0 Å². The first-order valence-electron chi connectivity index (χ1n) is 7.30. The number of carbonyl (C=O) groups excluding carboxylic acids is 2. The van der Waals surface area contributed by atoms with Crippen molar-refractivity contribution >= 4 is 22.2 Å². The molecule has 0 atom stereocenters. The van der Waals surface area contributed by atoms with Crippen LogP contribution in [0.2, 0.25) is 0 Å². The molecule has 0 aromatic carbocycles. The summed E-state index contributed by atoms with van der Waals surface area (Å²) in [4.78, 5) is 23.9. The van der Waals surface area contributed by atoms with Gasteiger partial charge in [-0.1, -0.05) is 0 Å². The lowest BCUT2D eigenvalue weighted by Crippen LogP contribution is -2.66. The highest BCUT2D eigenvalue weighted by Gasteiger charge is 2.58. The van der Waals surface area contributed by atoms with Crippen LogP contribution in [0.1, 0.15) is 40.5 Å². The van der Waals surface area contributed by atoms with Crippen LogP contribution in [0.25, 0.3) is 0 Å². The largest absolute Gasteiger partial charge is 0.523 e. The van der Waals surface area contributed by atoms with Crippen LogP contribution in [-0.2, 0) is 28.6 Å². The molecule has 0 heterocycles. The summed E-state index contributed by atoms with van der Waals surface area (Å²) < 4.78 is 72.8. The van der Waals surface area contributed by atoms with Gasteiger partial charge in [-0.15, -0.1) is 0 Å². The van der Waals surface area contributed by atoms with Crippen molar-refractivity contribution in [2.24, 2.45) is 0 Å². The summed E-state index contributed by atoms with van der Waals surface area (Å²) in [6, 6.07) is 0. The Balaban J connectivity index is 2.83. The first-order valence-corrected chi connectivity index (χ1v) is 8.71. The van der Waals surface area contributed by atoms with Crippen LogP contribution in [0.5, 0.6) is 0 Å². The molecule has 1 amide bonds. The van der Waals surface area contributed by atoms with E-state index in [-0.39, 0.29) is 6.61 Å². The normalized spacial score (nSPS) is 24.2. The molecule has 0 spiro atoms. The number of amides is 1. The van der Waals surface area contributed by atoms with Crippen LogP contribution in [0.15, 0.2) is 0 Å². The van der Waals surface area contributed by atoms with Gasteiger partial charge >= 0.3 is 27.7 Å². The summed E-state index contributed by atoms with van der Waals surface area (Å²) in [5, 5.41) is 2.23. The van der Waals surface area contributed by atoms with Crippen LogP contribution in [0.4, 0.5) is 18.0 Å². The van der Waals surface area contributed by atoms with Crippen LogP contribution < -0.4 is 5.32 Å². The molecule has 0 saturated heterocycles. The maximum atomic E-state index is 12.3. The number of nitrogens with one attached hydrogen (secondary N) is 1. The third-order valence-electron chi connectivity index (χ3n) is 3.10. The van der Waals surface area contributed by atoms with Crippen LogP contribution in [0.3, 0.4) is 0 Å². The molecule has 0 aromatic heterocycles. The molecule has 1 rings (SSSR count). The van der Waals surface area contributed by atoms with E-state index >= 15 is 0 Å². The highest BCUT2D eigenvalue weighted by Crippen LogP contribution is 2.39. The van der Waals surface area contributed by atoms with E-state index in [9.17, 15) is 31.2 Å². The van der Waals surface area contributed by atoms with Gasteiger partial charge in [0, 0.05) is 12.8 Å². The number of alkyl halides is 3. The lowest BCUT2D eigenvalue weighted by atomic mass is 9.74. The fourth-order valence-corrected chi connectivity index (χ4v) is 2.71. The molecule has 0 unspecified atom stereocenters. The Morgan fingerprint density at radius 1 is 1.20 bits per heavy atom. The standard InChI is InChI=1S/C13H20F3NO7S/c1-5-22-9(18)12(17-10(19)23-11(2,3)4)6-8(7-12)24-25(20,21)13(14,15)16/h8H,5-7H2,1-4H3,(H,17,19)/t8-,12+. The quantitative estimate of drug-likeness (QED) is 0.433. The number of carbonyl (C=O) groups is 2. The fraction of sp³-hybridized carbons (Fsp3) is 0.846. The third kappa shape index (κ3) is 5.46. The van der Waals surface area contributed by atoms with Gasteiger partial charge in [0.2, 0.25) is 0 Å². The zero-order chi connectivity index (χ0) is 19.7. The van der Waals surface area contributed by atoms with E-state index in [0.717, 1.165) is 0 Å². The van der Waals surface area contributed by atoms with Crippen molar-refractivity contribution in [1.29, 1.82) is 0 Å². The van der Waals surface area contributed by atoms with E-state index in [1.165, 1.54) is 6.92 Å². The summed E-state index contributed by atoms with van der Waals surface area (Å²) in [6.07, 6.45) is -3.41. The summed E-state index contributed by atoms with van der Waals surface area (Å²) in [6.45, 7) is 6.19. The number of alkyl carbamates (subject to hydrolysis) is 1. The van der Waals surface area contributed by atoms with Gasteiger partial charge in [0.25, 0.3) is 0 Å². The topological polar surface area (TPSA) is 108 Å². The Morgan fingerprint density at radius 3 is 2.12 bits per heavy atom. The molecule has 0 aliphatic heterocycles. The minimum atomic E-state index is -5.80. The summed E-state index contributed by atoms with van der Waals surface area (Å²) in [5.41, 5.74) is -8.16. The van der Waals surface area contributed by atoms with Crippen molar-refractivity contribution in [3.8, 4) is 0 Å². The van der Waals surface area contributed by atoms with Crippen LogP contribution in [-0.4, -0.2) is 49.8 Å². The maximum absolute atomic E-state index is 12.3. The zero-order valence-electron chi connectivity index (χ0n) is 14.1. The summed E-state index contributed by atoms with van der Waals surface area (Å²) in [5.74, 6) is -0.912. The van der Waals surface area contributed by atoms with E-state index < -0.39 is 57.8 Å². The minimum absolute atomic E-state index is 0.0387. The van der Waals surface area contributed by atoms with Crippen molar-refractivity contribution in [3.63, 3.8) is 0 Å². The van der Waals surface area contributed by atoms with Crippen LogP contribution in [0, 0.1) is 0 Å². The van der Waals surface area contributed by atoms with Gasteiger partial charge in [0.1, 0.15) is 11.1 Å². The van der Waals surface area contributed by atoms with E-state index in [1.54, 1.807) is 20.8 Å². The SMILES string of the molecule is CCOC(=O)[C@]1(NC(=O)OC(C)(C)C)C[C@@H](OS(=O)(=O)C(F)(F)F)C1. The number of ether oxygens (including phenoxy) is 2. The molecule has 8 nitrogen and oxygen atoms in total. The molecule has 1 aliphatic rings. The molecule has 1 saturated carbocycles. The molecular weight excluding hydrogens is 371 g/mol. The van der Waals surface area contributed by atoms with Gasteiger partial charge in [0.05, 0.1) is 12.7 Å². The number of hydrogen-bond acceptors (Lipinski definition) is 7. The second-order valence-corrected chi connectivity index (χ2v) is 8.02. The van der Waals surface area contributed by atoms with E-state index in [4.69, 9.17) is 9.47 Å². The lowest BCUT2D eigenvalue weighted by Gasteiger charge is -2.44. The Morgan fingerprint density at radius 2 is 1.72 bits per heavy atom. The average molecular weight is 391 g/mol. The summed E-state index contributed by atoms with van der Waals surface area (Å²) >= 11 is 0. The second kappa shape index (κ2) is 6.98. The maximum Gasteiger partial charge on any atom is 0.523 e. The van der Waals surface area contributed by atoms with Crippen molar-refractivity contribution in [2.45, 2.75) is 63.3 Å². The van der Waals surface area contributed by atoms with Crippen molar-refractivity contribution in [3.05, 3.63) is 0 Å². The predicted molar refractivity (Wildman–Crippen MR) is 77.8 cm³/mol. The van der Waals surface area contributed by atoms with Gasteiger partial charge < -0.3 is 14.8 Å². The number of hydrogen-bond donors (Lipinski definition) is 1. The number of rotatable bonds is 5. The van der Waals surface area contributed by atoms with Crippen molar-refractivity contribution < 1.29 is 44.8 Å². The van der Waals surface area contributed by atoms with Crippen molar-refractivity contribution in [1.82, 2.24) is 5.32 Å². The minimum Gasteiger partial charge on any atom is -0.464 e. The van der Waals surface area contributed by atoms with E-state index in [1.807, 2.05) is 0 Å². The fourth-order valence-electron chi connectivity index (χ4n) is 2.11. The second-order valence-electron chi connectivity index (χ2n) is 6.46. The number of halogens is 3. The average Bonchev–Trinajstić information content (AvgIpc) is 2.31. The Labute approximate surface area is 143 Å². The molecule has 0 radical (unpaired) electrons.